The van der Waals surface area contributed by atoms with Gasteiger partial charge in [-0.25, -0.2) is 0 Å². The molecule has 2 atom stereocenters. The molecule has 0 bridgehead atoms. The smallest absolute Gasteiger partial charge is 0.195 e. The number of hydrogen-bond acceptors (Lipinski definition) is 4. The summed E-state index contributed by atoms with van der Waals surface area (Å²) < 4.78 is 12.5. The lowest BCUT2D eigenvalue weighted by Gasteiger charge is -2.35. The van der Waals surface area contributed by atoms with Crippen molar-refractivity contribution in [3.05, 3.63) is 47.5 Å². The van der Waals surface area contributed by atoms with Crippen molar-refractivity contribution >= 4 is 21.5 Å². The highest BCUT2D eigenvalue weighted by atomic mass is 16.5. The Morgan fingerprint density at radius 3 is 1.58 bits per heavy atom. The molecule has 0 N–H and O–H groups in total. The minimum atomic E-state index is -0.891. The lowest BCUT2D eigenvalue weighted by Crippen LogP contribution is -2.37. The minimum absolute atomic E-state index is 0.522. The van der Waals surface area contributed by atoms with Gasteiger partial charge in [0.15, 0.2) is 11.2 Å². The molecule has 2 aliphatic heterocycles. The van der Waals surface area contributed by atoms with Crippen LogP contribution in [-0.4, -0.2) is 11.2 Å². The van der Waals surface area contributed by atoms with Crippen molar-refractivity contribution in [1.29, 1.82) is 10.5 Å². The van der Waals surface area contributed by atoms with Gasteiger partial charge in [0.2, 0.25) is 0 Å². The van der Waals surface area contributed by atoms with E-state index in [1.807, 2.05) is 50.2 Å². The Labute approximate surface area is 151 Å². The van der Waals surface area contributed by atoms with E-state index < -0.39 is 11.2 Å². The molecule has 126 valence electrons. The zero-order valence-corrected chi connectivity index (χ0v) is 14.6. The maximum absolute atomic E-state index is 9.63. The molecule has 0 spiro atoms. The number of nitrogens with zero attached hydrogens (tertiary/aromatic N) is 2. The third-order valence-corrected chi connectivity index (χ3v) is 5.43. The van der Waals surface area contributed by atoms with Gasteiger partial charge < -0.3 is 9.47 Å². The van der Waals surface area contributed by atoms with E-state index in [1.165, 1.54) is 0 Å². The summed E-state index contributed by atoms with van der Waals surface area (Å²) in [7, 11) is 0. The van der Waals surface area contributed by atoms with Crippen LogP contribution in [0.25, 0.3) is 21.5 Å². The van der Waals surface area contributed by atoms with Crippen LogP contribution in [0.4, 0.5) is 0 Å². The van der Waals surface area contributed by atoms with E-state index in [-0.39, 0.29) is 0 Å². The summed E-state index contributed by atoms with van der Waals surface area (Å²) in [6.45, 7) is 3.65. The van der Waals surface area contributed by atoms with Crippen molar-refractivity contribution in [3.8, 4) is 23.6 Å². The molecule has 2 heterocycles. The van der Waals surface area contributed by atoms with E-state index in [2.05, 4.69) is 12.1 Å². The van der Waals surface area contributed by atoms with Crippen LogP contribution in [0.5, 0.6) is 11.5 Å². The average molecular weight is 340 g/mol. The third kappa shape index (κ3) is 1.82. The summed E-state index contributed by atoms with van der Waals surface area (Å²) in [6, 6.07) is 16.7. The predicted molar refractivity (Wildman–Crippen MR) is 98.2 cm³/mol. The molecule has 26 heavy (non-hydrogen) atoms. The molecule has 4 nitrogen and oxygen atoms in total. The van der Waals surface area contributed by atoms with Crippen molar-refractivity contribution in [2.75, 3.05) is 0 Å². The third-order valence-electron chi connectivity index (χ3n) is 5.43. The van der Waals surface area contributed by atoms with Crippen LogP contribution in [0.2, 0.25) is 0 Å². The molecule has 0 amide bonds. The van der Waals surface area contributed by atoms with E-state index in [4.69, 9.17) is 9.47 Å². The Balaban J connectivity index is 1.97. The molecular weight excluding hydrogens is 324 g/mol. The molecule has 0 saturated heterocycles. The van der Waals surface area contributed by atoms with Gasteiger partial charge in [0.25, 0.3) is 0 Å². The maximum Gasteiger partial charge on any atom is 0.195 e. The normalized spacial score (nSPS) is 25.8. The maximum atomic E-state index is 9.63. The quantitative estimate of drug-likeness (QED) is 0.568. The minimum Gasteiger partial charge on any atom is -0.471 e. The molecule has 0 fully saturated rings. The van der Waals surface area contributed by atoms with Gasteiger partial charge in [-0.15, -0.1) is 0 Å². The van der Waals surface area contributed by atoms with Crippen LogP contribution in [0.1, 0.15) is 25.0 Å². The standard InChI is InChI=1S/C22H16N2O2/c1-21(11-23)9-13-5-3-8-16-17(13)19(25-21)15-7-4-6-14-10-22(2,12-24)26-20(16)18(14)15/h3-8H,9-10H2,1-2H3. The van der Waals surface area contributed by atoms with Crippen molar-refractivity contribution in [2.24, 2.45) is 0 Å². The van der Waals surface area contributed by atoms with Gasteiger partial charge in [-0.1, -0.05) is 36.4 Å². The predicted octanol–water partition coefficient (Wildman–Crippen LogP) is 4.43. The molecule has 0 aliphatic carbocycles. The van der Waals surface area contributed by atoms with E-state index in [1.54, 1.807) is 0 Å². The van der Waals surface area contributed by atoms with E-state index in [0.29, 0.717) is 12.8 Å². The molecule has 0 saturated carbocycles. The molecule has 3 aromatic rings. The molecule has 0 aromatic heterocycles. The van der Waals surface area contributed by atoms with Gasteiger partial charge in [0, 0.05) is 34.4 Å². The van der Waals surface area contributed by atoms with Crippen LogP contribution in [0, 0.1) is 22.7 Å². The monoisotopic (exact) mass is 340 g/mol. The second kappa shape index (κ2) is 4.68. The first kappa shape index (κ1) is 15.0. The largest absolute Gasteiger partial charge is 0.471 e. The number of rotatable bonds is 0. The van der Waals surface area contributed by atoms with E-state index in [9.17, 15) is 10.5 Å². The van der Waals surface area contributed by atoms with Gasteiger partial charge in [-0.05, 0) is 25.0 Å². The zero-order chi connectivity index (χ0) is 18.1. The number of hydrogen-bond donors (Lipinski definition) is 0. The van der Waals surface area contributed by atoms with Gasteiger partial charge in [0.05, 0.1) is 0 Å². The number of ether oxygens (including phenoxy) is 2. The highest BCUT2D eigenvalue weighted by molar-refractivity contribution is 6.14. The highest BCUT2D eigenvalue weighted by Gasteiger charge is 2.39. The van der Waals surface area contributed by atoms with Crippen LogP contribution in [0.3, 0.4) is 0 Å². The van der Waals surface area contributed by atoms with Crippen LogP contribution in [0.15, 0.2) is 36.4 Å². The summed E-state index contributed by atoms with van der Waals surface area (Å²) in [5.74, 6) is 1.49. The lowest BCUT2D eigenvalue weighted by atomic mass is 9.84. The van der Waals surface area contributed by atoms with Gasteiger partial charge in [-0.2, -0.15) is 10.5 Å². The summed E-state index contributed by atoms with van der Waals surface area (Å²) in [5.41, 5.74) is 0.365. The average Bonchev–Trinajstić information content (AvgIpc) is 2.65. The summed E-state index contributed by atoms with van der Waals surface area (Å²) in [5, 5.41) is 23.1. The van der Waals surface area contributed by atoms with Crippen molar-refractivity contribution in [2.45, 2.75) is 37.9 Å². The van der Waals surface area contributed by atoms with Crippen LogP contribution in [-0.2, 0) is 12.8 Å². The summed E-state index contributed by atoms with van der Waals surface area (Å²) in [4.78, 5) is 0. The summed E-state index contributed by atoms with van der Waals surface area (Å²) in [6.07, 6.45) is 1.04. The van der Waals surface area contributed by atoms with Gasteiger partial charge in [0.1, 0.15) is 23.6 Å². The second-order valence-corrected chi connectivity index (χ2v) is 7.58. The Hall–Kier alpha value is -3.24. The first-order valence-electron chi connectivity index (χ1n) is 8.67. The lowest BCUT2D eigenvalue weighted by molar-refractivity contribution is 0.142. The summed E-state index contributed by atoms with van der Waals surface area (Å²) >= 11 is 0. The molecule has 5 rings (SSSR count). The fourth-order valence-corrected chi connectivity index (χ4v) is 4.27. The van der Waals surface area contributed by atoms with Gasteiger partial charge >= 0.3 is 0 Å². The van der Waals surface area contributed by atoms with Crippen LogP contribution >= 0.6 is 0 Å². The molecule has 2 unspecified atom stereocenters. The Morgan fingerprint density at radius 1 is 0.769 bits per heavy atom. The van der Waals surface area contributed by atoms with E-state index in [0.717, 1.165) is 44.2 Å². The van der Waals surface area contributed by atoms with Crippen molar-refractivity contribution < 1.29 is 9.47 Å². The van der Waals surface area contributed by atoms with Gasteiger partial charge in [-0.3, -0.25) is 0 Å². The number of nitriles is 2. The zero-order valence-electron chi connectivity index (χ0n) is 14.6. The SMILES string of the molecule is CC1(C#N)Cc2cccc3c4c5c(cccc5c(c23)O1)CC(C)(C#N)O4. The molecular formula is C22H16N2O2. The fourth-order valence-electron chi connectivity index (χ4n) is 4.27. The Kier molecular flexibility index (Phi) is 2.71. The fraction of sp³-hybridized carbons (Fsp3) is 0.273. The van der Waals surface area contributed by atoms with Crippen molar-refractivity contribution in [3.63, 3.8) is 0 Å². The first-order valence-corrected chi connectivity index (χ1v) is 8.67. The number of fused-ring (bicyclic) bond motifs is 2. The molecule has 4 heteroatoms. The van der Waals surface area contributed by atoms with Crippen LogP contribution < -0.4 is 9.47 Å². The Morgan fingerprint density at radius 2 is 1.19 bits per heavy atom. The van der Waals surface area contributed by atoms with E-state index >= 15 is 0 Å². The molecule has 2 aliphatic rings. The van der Waals surface area contributed by atoms with Crippen molar-refractivity contribution in [1.82, 2.24) is 0 Å². The molecule has 0 radical (unpaired) electrons. The molecule has 3 aromatic carbocycles. The Bertz CT molecular complexity index is 1110. The second-order valence-electron chi connectivity index (χ2n) is 7.58. The first-order chi connectivity index (χ1) is 12.5. The number of benzene rings is 3. The highest BCUT2D eigenvalue weighted by Crippen LogP contribution is 2.51. The topological polar surface area (TPSA) is 66.0 Å².